The minimum Gasteiger partial charge on any atom is -0.497 e. The summed E-state index contributed by atoms with van der Waals surface area (Å²) in [5.74, 6) is 2.19. The molecule has 2 atom stereocenters. The van der Waals surface area contributed by atoms with Gasteiger partial charge in [-0.3, -0.25) is 9.89 Å². The van der Waals surface area contributed by atoms with Crippen LogP contribution in [-0.2, 0) is 0 Å². The van der Waals surface area contributed by atoms with Crippen LogP contribution in [0, 0.1) is 5.92 Å². The first-order valence-corrected chi connectivity index (χ1v) is 15.2. The normalized spacial score (nSPS) is 19.3. The summed E-state index contributed by atoms with van der Waals surface area (Å²) >= 11 is 12.6. The van der Waals surface area contributed by atoms with E-state index >= 15 is 0 Å². The molecule has 2 heterocycles. The Morgan fingerprint density at radius 3 is 2.17 bits per heavy atom. The molecular formula is C33H37Cl2N3O4. The highest BCUT2D eigenvalue weighted by atomic mass is 35.5. The van der Waals surface area contributed by atoms with Gasteiger partial charge in [0.15, 0.2) is 0 Å². The smallest absolute Gasteiger partial charge is 0.326 e. The summed E-state index contributed by atoms with van der Waals surface area (Å²) in [6.07, 6.45) is 2.35. The number of likely N-dealkylation sites (tertiary alicyclic amines) is 1. The maximum Gasteiger partial charge on any atom is 0.326 e. The first kappa shape index (κ1) is 30.2. The fourth-order valence-corrected chi connectivity index (χ4v) is 6.02. The minimum absolute atomic E-state index is 0.105. The van der Waals surface area contributed by atoms with Crippen molar-refractivity contribution in [3.05, 3.63) is 93.5 Å². The Bertz CT molecular complexity index is 1400. The average molecular weight is 611 g/mol. The van der Waals surface area contributed by atoms with Gasteiger partial charge < -0.3 is 19.5 Å². The van der Waals surface area contributed by atoms with E-state index in [1.165, 1.54) is 0 Å². The molecule has 0 saturated carbocycles. The molecule has 2 aliphatic heterocycles. The van der Waals surface area contributed by atoms with Crippen molar-refractivity contribution >= 4 is 35.1 Å². The molecule has 2 unspecified atom stereocenters. The third-order valence-electron chi connectivity index (χ3n) is 7.91. The van der Waals surface area contributed by atoms with Crippen LogP contribution in [0.25, 0.3) is 0 Å². The number of methoxy groups -OCH3 is 1. The number of amides is 2. The molecule has 42 heavy (non-hydrogen) atoms. The monoisotopic (exact) mass is 609 g/mol. The van der Waals surface area contributed by atoms with Gasteiger partial charge in [0.05, 0.1) is 24.8 Å². The van der Waals surface area contributed by atoms with Gasteiger partial charge >= 0.3 is 6.03 Å². The van der Waals surface area contributed by atoms with Gasteiger partial charge in [-0.2, -0.15) is 0 Å². The maximum atomic E-state index is 14.6. The largest absolute Gasteiger partial charge is 0.497 e. The van der Waals surface area contributed by atoms with Crippen LogP contribution in [0.2, 0.25) is 10.0 Å². The quantitative estimate of drug-likeness (QED) is 0.286. The zero-order valence-electron chi connectivity index (χ0n) is 24.2. The lowest BCUT2D eigenvalue weighted by Crippen LogP contribution is -2.49. The van der Waals surface area contributed by atoms with E-state index in [0.29, 0.717) is 52.0 Å². The summed E-state index contributed by atoms with van der Waals surface area (Å²) in [5.41, 5.74) is 2.57. The Morgan fingerprint density at radius 2 is 1.60 bits per heavy atom. The standard InChI is InChI=1S/C33H37Cl2N3O4/c1-21(2)42-29-20-27(41-3)12-13-28(29)32-36-30(23-4-8-25(34)9-5-23)31(24-6-10-26(35)11-7-24)38(32)33(40)37-17-14-22(15-18-37)16-19-39/h4-13,20-22,30-31,39H,14-19H2,1-3H3. The van der Waals surface area contributed by atoms with Crippen LogP contribution < -0.4 is 9.47 Å². The second kappa shape index (κ2) is 13.4. The predicted octanol–water partition coefficient (Wildman–Crippen LogP) is 7.55. The van der Waals surface area contributed by atoms with Crippen molar-refractivity contribution in [1.82, 2.24) is 9.80 Å². The molecule has 1 saturated heterocycles. The Labute approximate surface area is 257 Å². The number of amidine groups is 1. The van der Waals surface area contributed by atoms with Crippen LogP contribution in [0.1, 0.15) is 61.9 Å². The van der Waals surface area contributed by atoms with Gasteiger partial charge in [-0.1, -0.05) is 47.5 Å². The molecule has 0 bridgehead atoms. The second-order valence-electron chi connectivity index (χ2n) is 11.1. The highest BCUT2D eigenvalue weighted by Crippen LogP contribution is 2.46. The molecule has 3 aromatic rings. The molecule has 2 amide bonds. The van der Waals surface area contributed by atoms with Crippen LogP contribution in [0.5, 0.6) is 11.5 Å². The molecular weight excluding hydrogens is 573 g/mol. The summed E-state index contributed by atoms with van der Waals surface area (Å²) in [4.78, 5) is 23.6. The van der Waals surface area contributed by atoms with Crippen molar-refractivity contribution in [2.45, 2.75) is 51.3 Å². The maximum absolute atomic E-state index is 14.6. The van der Waals surface area contributed by atoms with Gasteiger partial charge in [-0.05, 0) is 86.6 Å². The number of aliphatic hydroxyl groups excluding tert-OH is 1. The van der Waals surface area contributed by atoms with E-state index < -0.39 is 12.1 Å². The zero-order valence-corrected chi connectivity index (χ0v) is 25.7. The molecule has 5 rings (SSSR count). The van der Waals surface area contributed by atoms with Crippen molar-refractivity contribution < 1.29 is 19.4 Å². The second-order valence-corrected chi connectivity index (χ2v) is 11.9. The topological polar surface area (TPSA) is 74.6 Å². The number of carbonyl (C=O) groups excluding carboxylic acids is 1. The number of hydrogen-bond acceptors (Lipinski definition) is 5. The van der Waals surface area contributed by atoms with E-state index in [1.54, 1.807) is 7.11 Å². The molecule has 1 N–H and O–H groups in total. The van der Waals surface area contributed by atoms with Crippen molar-refractivity contribution in [1.29, 1.82) is 0 Å². The Balaban J connectivity index is 1.65. The van der Waals surface area contributed by atoms with Gasteiger partial charge in [0.25, 0.3) is 0 Å². The molecule has 9 heteroatoms. The van der Waals surface area contributed by atoms with Crippen molar-refractivity contribution in [3.8, 4) is 11.5 Å². The number of carbonyl (C=O) groups is 1. The third-order valence-corrected chi connectivity index (χ3v) is 8.41. The third kappa shape index (κ3) is 6.54. The van der Waals surface area contributed by atoms with Gasteiger partial charge in [0.1, 0.15) is 23.4 Å². The SMILES string of the molecule is COc1ccc(C2=NC(c3ccc(Cl)cc3)C(c3ccc(Cl)cc3)N2C(=O)N2CCC(CCO)CC2)c(OC(C)C)c1. The van der Waals surface area contributed by atoms with Crippen LogP contribution in [0.3, 0.4) is 0 Å². The number of benzene rings is 3. The summed E-state index contributed by atoms with van der Waals surface area (Å²) in [6, 6.07) is 19.9. The summed E-state index contributed by atoms with van der Waals surface area (Å²) in [6.45, 7) is 5.33. The molecule has 0 aliphatic carbocycles. The Hall–Kier alpha value is -3.26. The lowest BCUT2D eigenvalue weighted by atomic mass is 9.93. The van der Waals surface area contributed by atoms with E-state index in [1.807, 2.05) is 90.4 Å². The number of hydrogen-bond donors (Lipinski definition) is 1. The van der Waals surface area contributed by atoms with E-state index in [2.05, 4.69) is 0 Å². The summed E-state index contributed by atoms with van der Waals surface area (Å²) in [5, 5.41) is 10.7. The summed E-state index contributed by atoms with van der Waals surface area (Å²) in [7, 11) is 1.62. The van der Waals surface area contributed by atoms with Gasteiger partial charge in [-0.25, -0.2) is 4.79 Å². The number of piperidine rings is 1. The minimum atomic E-state index is -0.435. The zero-order chi connectivity index (χ0) is 29.8. The Kier molecular flexibility index (Phi) is 9.61. The number of urea groups is 1. The van der Waals surface area contributed by atoms with Crippen LogP contribution in [0.4, 0.5) is 4.79 Å². The van der Waals surface area contributed by atoms with Crippen LogP contribution in [0.15, 0.2) is 71.7 Å². The van der Waals surface area contributed by atoms with Crippen molar-refractivity contribution in [3.63, 3.8) is 0 Å². The molecule has 0 aromatic heterocycles. The number of aliphatic hydroxyl groups is 1. The van der Waals surface area contributed by atoms with Crippen molar-refractivity contribution in [2.24, 2.45) is 10.9 Å². The average Bonchev–Trinajstić information content (AvgIpc) is 3.38. The highest BCUT2D eigenvalue weighted by Gasteiger charge is 2.45. The molecule has 222 valence electrons. The van der Waals surface area contributed by atoms with Crippen LogP contribution in [-0.4, -0.2) is 59.7 Å². The fourth-order valence-electron chi connectivity index (χ4n) is 5.77. The lowest BCUT2D eigenvalue weighted by Gasteiger charge is -2.38. The van der Waals surface area contributed by atoms with E-state index in [-0.39, 0.29) is 18.7 Å². The fraction of sp³-hybridized carbons (Fsp3) is 0.394. The number of halogens is 2. The van der Waals surface area contributed by atoms with Gasteiger partial charge in [0, 0.05) is 35.8 Å². The number of nitrogens with zero attached hydrogens (tertiary/aromatic N) is 3. The number of aliphatic imine (C=N–C) groups is 1. The molecule has 2 aliphatic rings. The number of ether oxygens (including phenoxy) is 2. The molecule has 3 aromatic carbocycles. The molecule has 7 nitrogen and oxygen atoms in total. The van der Waals surface area contributed by atoms with E-state index in [4.69, 9.17) is 37.7 Å². The molecule has 0 spiro atoms. The number of rotatable bonds is 8. The van der Waals surface area contributed by atoms with E-state index in [9.17, 15) is 9.90 Å². The summed E-state index contributed by atoms with van der Waals surface area (Å²) < 4.78 is 11.8. The van der Waals surface area contributed by atoms with Crippen molar-refractivity contribution in [2.75, 3.05) is 26.8 Å². The van der Waals surface area contributed by atoms with Crippen LogP contribution >= 0.6 is 23.2 Å². The first-order valence-electron chi connectivity index (χ1n) is 14.4. The van der Waals surface area contributed by atoms with Gasteiger partial charge in [0.2, 0.25) is 0 Å². The lowest BCUT2D eigenvalue weighted by molar-refractivity contribution is 0.134. The Morgan fingerprint density at radius 1 is 0.976 bits per heavy atom. The highest BCUT2D eigenvalue weighted by molar-refractivity contribution is 6.30. The predicted molar refractivity (Wildman–Crippen MR) is 167 cm³/mol. The van der Waals surface area contributed by atoms with E-state index in [0.717, 1.165) is 30.4 Å². The molecule has 0 radical (unpaired) electrons. The molecule has 1 fully saturated rings. The first-order chi connectivity index (χ1) is 20.3. The van der Waals surface area contributed by atoms with Gasteiger partial charge in [-0.15, -0.1) is 0 Å².